The van der Waals surface area contributed by atoms with E-state index >= 15 is 0 Å². The molecule has 0 aliphatic rings. The third-order valence-corrected chi connectivity index (χ3v) is 3.42. The van der Waals surface area contributed by atoms with Crippen LogP contribution in [0.15, 0.2) is 30.3 Å². The molecule has 0 spiro atoms. The van der Waals surface area contributed by atoms with Gasteiger partial charge in [-0.25, -0.2) is 0 Å². The highest BCUT2D eigenvalue weighted by atomic mass is 16.2. The first kappa shape index (κ1) is 16.2. The molecular formula is C15H23N3O2. The number of hydrogen-bond donors (Lipinski definition) is 2. The lowest BCUT2D eigenvalue weighted by atomic mass is 9.94. The third-order valence-electron chi connectivity index (χ3n) is 3.42. The number of amides is 2. The summed E-state index contributed by atoms with van der Waals surface area (Å²) < 4.78 is 0. The molecule has 0 saturated heterocycles. The van der Waals surface area contributed by atoms with Crippen LogP contribution in [0.2, 0.25) is 0 Å². The summed E-state index contributed by atoms with van der Waals surface area (Å²) in [6.07, 6.45) is 0. The van der Waals surface area contributed by atoms with E-state index in [-0.39, 0.29) is 30.3 Å². The van der Waals surface area contributed by atoms with Crippen molar-refractivity contribution in [2.75, 3.05) is 20.1 Å². The Hall–Kier alpha value is -1.88. The van der Waals surface area contributed by atoms with Crippen molar-refractivity contribution in [3.05, 3.63) is 35.9 Å². The minimum absolute atomic E-state index is 0.0671. The molecule has 5 heteroatoms. The lowest BCUT2D eigenvalue weighted by Gasteiger charge is -2.27. The van der Waals surface area contributed by atoms with Crippen molar-refractivity contribution in [3.63, 3.8) is 0 Å². The average molecular weight is 277 g/mol. The maximum atomic E-state index is 12.4. The summed E-state index contributed by atoms with van der Waals surface area (Å²) in [7, 11) is 1.56. The highest BCUT2D eigenvalue weighted by molar-refractivity contribution is 5.86. The number of nitrogens with one attached hydrogen (secondary N) is 1. The van der Waals surface area contributed by atoms with Crippen LogP contribution in [0.3, 0.4) is 0 Å². The monoisotopic (exact) mass is 277 g/mol. The lowest BCUT2D eigenvalue weighted by Crippen LogP contribution is -2.44. The van der Waals surface area contributed by atoms with Crippen LogP contribution >= 0.6 is 0 Å². The second kappa shape index (κ2) is 7.65. The van der Waals surface area contributed by atoms with Crippen LogP contribution in [0.25, 0.3) is 0 Å². The van der Waals surface area contributed by atoms with E-state index in [0.717, 1.165) is 5.56 Å². The highest BCUT2D eigenvalue weighted by Gasteiger charge is 2.26. The Morgan fingerprint density at radius 2 is 1.90 bits per heavy atom. The Morgan fingerprint density at radius 1 is 1.30 bits per heavy atom. The normalized spacial score (nSPS) is 13.4. The summed E-state index contributed by atoms with van der Waals surface area (Å²) in [5.74, 6) is -0.657. The molecular weight excluding hydrogens is 254 g/mol. The van der Waals surface area contributed by atoms with Crippen molar-refractivity contribution in [1.82, 2.24) is 10.2 Å². The van der Waals surface area contributed by atoms with Crippen molar-refractivity contribution in [3.8, 4) is 0 Å². The van der Waals surface area contributed by atoms with Gasteiger partial charge in [0.2, 0.25) is 11.8 Å². The van der Waals surface area contributed by atoms with Crippen molar-refractivity contribution >= 4 is 11.8 Å². The van der Waals surface area contributed by atoms with Gasteiger partial charge in [-0.2, -0.15) is 0 Å². The van der Waals surface area contributed by atoms with E-state index in [9.17, 15) is 9.59 Å². The molecule has 0 aliphatic carbocycles. The molecule has 0 saturated carbocycles. The van der Waals surface area contributed by atoms with E-state index in [0.29, 0.717) is 6.54 Å². The number of benzene rings is 1. The molecule has 0 heterocycles. The van der Waals surface area contributed by atoms with Gasteiger partial charge in [-0.05, 0) is 12.5 Å². The van der Waals surface area contributed by atoms with Crippen LogP contribution in [0.4, 0.5) is 0 Å². The van der Waals surface area contributed by atoms with Gasteiger partial charge in [0.1, 0.15) is 0 Å². The molecule has 20 heavy (non-hydrogen) atoms. The van der Waals surface area contributed by atoms with Gasteiger partial charge < -0.3 is 16.0 Å². The number of nitrogens with two attached hydrogens (primary N) is 1. The zero-order valence-corrected chi connectivity index (χ0v) is 12.3. The first-order valence-electron chi connectivity index (χ1n) is 6.81. The molecule has 2 atom stereocenters. The molecule has 1 aromatic rings. The van der Waals surface area contributed by atoms with E-state index in [1.54, 1.807) is 14.0 Å². The van der Waals surface area contributed by atoms with Crippen LogP contribution in [-0.2, 0) is 9.59 Å². The van der Waals surface area contributed by atoms with E-state index in [2.05, 4.69) is 5.32 Å². The number of rotatable bonds is 6. The minimum Gasteiger partial charge on any atom is -0.358 e. The smallest absolute Gasteiger partial charge is 0.239 e. The predicted molar refractivity (Wildman–Crippen MR) is 78.9 cm³/mol. The Labute approximate surface area is 120 Å². The molecule has 0 radical (unpaired) electrons. The third kappa shape index (κ3) is 4.06. The van der Waals surface area contributed by atoms with E-state index in [1.807, 2.05) is 37.3 Å². The topological polar surface area (TPSA) is 75.4 Å². The second-order valence-corrected chi connectivity index (χ2v) is 4.75. The molecule has 0 fully saturated rings. The standard InChI is InChI=1S/C15H23N3O2/c1-4-18(10-13(19)17-3)15(20)11(2)14(16)12-8-6-5-7-9-12/h5-9,11,14H,4,10,16H2,1-3H3,(H,17,19). The summed E-state index contributed by atoms with van der Waals surface area (Å²) in [4.78, 5) is 25.3. The van der Waals surface area contributed by atoms with Crippen molar-refractivity contribution < 1.29 is 9.59 Å². The van der Waals surface area contributed by atoms with Crippen LogP contribution in [0, 0.1) is 5.92 Å². The summed E-state index contributed by atoms with van der Waals surface area (Å²) >= 11 is 0. The molecule has 1 rings (SSSR count). The number of likely N-dealkylation sites (N-methyl/N-ethyl adjacent to an activating group) is 2. The predicted octanol–water partition coefficient (Wildman–Crippen LogP) is 0.917. The fraction of sp³-hybridized carbons (Fsp3) is 0.467. The van der Waals surface area contributed by atoms with Gasteiger partial charge in [-0.1, -0.05) is 37.3 Å². The van der Waals surface area contributed by atoms with Gasteiger partial charge in [-0.15, -0.1) is 0 Å². The van der Waals surface area contributed by atoms with Crippen LogP contribution in [0.5, 0.6) is 0 Å². The van der Waals surface area contributed by atoms with Gasteiger partial charge in [-0.3, -0.25) is 9.59 Å². The summed E-state index contributed by atoms with van der Waals surface area (Å²) in [5.41, 5.74) is 7.07. The molecule has 1 aromatic carbocycles. The fourth-order valence-corrected chi connectivity index (χ4v) is 2.00. The lowest BCUT2D eigenvalue weighted by molar-refractivity contribution is -0.139. The van der Waals surface area contributed by atoms with Crippen LogP contribution < -0.4 is 11.1 Å². The summed E-state index contributed by atoms with van der Waals surface area (Å²) in [5, 5.41) is 2.52. The van der Waals surface area contributed by atoms with Gasteiger partial charge in [0.25, 0.3) is 0 Å². The first-order valence-corrected chi connectivity index (χ1v) is 6.81. The molecule has 110 valence electrons. The molecule has 0 aliphatic heterocycles. The maximum Gasteiger partial charge on any atom is 0.239 e. The Bertz CT molecular complexity index is 448. The first-order chi connectivity index (χ1) is 9.51. The Kier molecular flexibility index (Phi) is 6.18. The number of carbonyl (C=O) groups excluding carboxylic acids is 2. The largest absolute Gasteiger partial charge is 0.358 e. The van der Waals surface area contributed by atoms with Crippen LogP contribution in [-0.4, -0.2) is 36.9 Å². The molecule has 2 unspecified atom stereocenters. The molecule has 0 bridgehead atoms. The molecule has 3 N–H and O–H groups in total. The number of hydrogen-bond acceptors (Lipinski definition) is 3. The number of carbonyl (C=O) groups is 2. The van der Waals surface area contributed by atoms with Gasteiger partial charge in [0.15, 0.2) is 0 Å². The Morgan fingerprint density at radius 3 is 2.40 bits per heavy atom. The zero-order chi connectivity index (χ0) is 15.1. The van der Waals surface area contributed by atoms with Gasteiger partial charge >= 0.3 is 0 Å². The van der Waals surface area contributed by atoms with Crippen molar-refractivity contribution in [2.45, 2.75) is 19.9 Å². The maximum absolute atomic E-state index is 12.4. The Balaban J connectivity index is 2.76. The molecule has 2 amide bonds. The fourth-order valence-electron chi connectivity index (χ4n) is 2.00. The van der Waals surface area contributed by atoms with E-state index in [1.165, 1.54) is 4.90 Å². The van der Waals surface area contributed by atoms with Gasteiger partial charge in [0.05, 0.1) is 12.5 Å². The van der Waals surface area contributed by atoms with Crippen molar-refractivity contribution in [2.24, 2.45) is 11.7 Å². The van der Waals surface area contributed by atoms with Gasteiger partial charge in [0, 0.05) is 19.6 Å². The highest BCUT2D eigenvalue weighted by Crippen LogP contribution is 2.20. The summed E-state index contributed by atoms with van der Waals surface area (Å²) in [6.45, 7) is 4.20. The summed E-state index contributed by atoms with van der Waals surface area (Å²) in [6, 6.07) is 9.14. The zero-order valence-electron chi connectivity index (χ0n) is 12.3. The minimum atomic E-state index is -0.373. The molecule has 0 aromatic heterocycles. The average Bonchev–Trinajstić information content (AvgIpc) is 2.50. The molecule has 5 nitrogen and oxygen atoms in total. The van der Waals surface area contributed by atoms with Crippen molar-refractivity contribution in [1.29, 1.82) is 0 Å². The number of nitrogens with zero attached hydrogens (tertiary/aromatic N) is 1. The van der Waals surface area contributed by atoms with E-state index < -0.39 is 0 Å². The SMILES string of the molecule is CCN(CC(=O)NC)C(=O)C(C)C(N)c1ccccc1. The quantitative estimate of drug-likeness (QED) is 0.812. The second-order valence-electron chi connectivity index (χ2n) is 4.75. The van der Waals surface area contributed by atoms with E-state index in [4.69, 9.17) is 5.73 Å². The van der Waals surface area contributed by atoms with Crippen LogP contribution in [0.1, 0.15) is 25.5 Å².